The van der Waals surface area contributed by atoms with E-state index in [9.17, 15) is 4.79 Å². The summed E-state index contributed by atoms with van der Waals surface area (Å²) in [7, 11) is 0. The summed E-state index contributed by atoms with van der Waals surface area (Å²) in [4.78, 5) is 12.4. The molecule has 0 heterocycles. The lowest BCUT2D eigenvalue weighted by molar-refractivity contribution is 0.0889. The molecule has 0 saturated heterocycles. The van der Waals surface area contributed by atoms with Gasteiger partial charge < -0.3 is 0 Å². The molecular weight excluding hydrogens is 208 g/mol. The first-order valence-corrected chi connectivity index (χ1v) is 7.00. The fourth-order valence-electron chi connectivity index (χ4n) is 3.33. The van der Waals surface area contributed by atoms with Gasteiger partial charge in [0.15, 0.2) is 5.78 Å². The maximum absolute atomic E-state index is 12.4. The molecule has 1 aromatic carbocycles. The van der Waals surface area contributed by atoms with Crippen molar-refractivity contribution in [2.75, 3.05) is 0 Å². The second-order valence-corrected chi connectivity index (χ2v) is 5.54. The summed E-state index contributed by atoms with van der Waals surface area (Å²) in [6, 6.07) is 6.40. The molecule has 1 fully saturated rings. The van der Waals surface area contributed by atoms with Crippen molar-refractivity contribution in [3.63, 3.8) is 0 Å². The molecule has 0 N–H and O–H groups in total. The summed E-state index contributed by atoms with van der Waals surface area (Å²) in [6.45, 7) is 0. The van der Waals surface area contributed by atoms with E-state index in [2.05, 4.69) is 18.2 Å². The predicted octanol–water partition coefficient (Wildman–Crippen LogP) is 3.94. The maximum Gasteiger partial charge on any atom is 0.165 e. The number of benzene rings is 1. The van der Waals surface area contributed by atoms with Crippen molar-refractivity contribution in [1.82, 2.24) is 0 Å². The van der Waals surface area contributed by atoms with E-state index in [1.54, 1.807) is 0 Å². The van der Waals surface area contributed by atoms with E-state index in [1.807, 2.05) is 0 Å². The minimum Gasteiger partial charge on any atom is -0.294 e. The van der Waals surface area contributed by atoms with Gasteiger partial charge in [0.05, 0.1) is 0 Å². The summed E-state index contributed by atoms with van der Waals surface area (Å²) in [5.74, 6) is 0.711. The Morgan fingerprint density at radius 2 is 1.71 bits per heavy atom. The van der Waals surface area contributed by atoms with E-state index >= 15 is 0 Å². The summed E-state index contributed by atoms with van der Waals surface area (Å²) in [6.07, 6.45) is 9.63. The number of fused-ring (bicyclic) bond motifs is 1. The van der Waals surface area contributed by atoms with Crippen molar-refractivity contribution >= 4 is 5.78 Å². The smallest absolute Gasteiger partial charge is 0.165 e. The first kappa shape index (κ1) is 11.0. The monoisotopic (exact) mass is 228 g/mol. The summed E-state index contributed by atoms with van der Waals surface area (Å²) in [5.41, 5.74) is 3.86. The van der Waals surface area contributed by atoms with Crippen LogP contribution in [-0.2, 0) is 12.8 Å². The molecule has 1 nitrogen and oxygen atoms in total. The average Bonchev–Trinajstić information content (AvgIpc) is 2.86. The molecule has 17 heavy (non-hydrogen) atoms. The van der Waals surface area contributed by atoms with Crippen LogP contribution in [0.25, 0.3) is 0 Å². The van der Waals surface area contributed by atoms with Gasteiger partial charge in [-0.05, 0) is 49.3 Å². The number of Topliss-reactive ketones (excluding diaryl/α,β-unsaturated/α-hetero) is 1. The Labute approximate surface area is 103 Å². The van der Waals surface area contributed by atoms with Crippen LogP contribution in [0.2, 0.25) is 0 Å². The standard InChI is InChI=1S/C16H20O/c17-16(13-5-2-1-3-6-13)15-10-9-12-7-4-8-14(12)11-15/h9-11,13H,1-8H2. The van der Waals surface area contributed by atoms with Crippen molar-refractivity contribution in [1.29, 1.82) is 0 Å². The first-order valence-electron chi connectivity index (χ1n) is 7.00. The highest BCUT2D eigenvalue weighted by Gasteiger charge is 2.23. The number of hydrogen-bond acceptors (Lipinski definition) is 1. The van der Waals surface area contributed by atoms with Gasteiger partial charge >= 0.3 is 0 Å². The summed E-state index contributed by atoms with van der Waals surface area (Å²) >= 11 is 0. The highest BCUT2D eigenvalue weighted by atomic mass is 16.1. The molecule has 1 saturated carbocycles. The minimum atomic E-state index is 0.309. The SMILES string of the molecule is O=C(c1ccc2c(c1)CCC2)C1CCCCC1. The number of carbonyl (C=O) groups is 1. The average molecular weight is 228 g/mol. The molecule has 2 aliphatic carbocycles. The van der Waals surface area contributed by atoms with Crippen LogP contribution < -0.4 is 0 Å². The van der Waals surface area contributed by atoms with Gasteiger partial charge in [-0.2, -0.15) is 0 Å². The molecule has 0 aliphatic heterocycles. The number of aryl methyl sites for hydroxylation is 2. The van der Waals surface area contributed by atoms with Crippen LogP contribution in [0.1, 0.15) is 60.0 Å². The van der Waals surface area contributed by atoms with Gasteiger partial charge in [-0.25, -0.2) is 0 Å². The lowest BCUT2D eigenvalue weighted by atomic mass is 9.83. The molecule has 0 atom stereocenters. The van der Waals surface area contributed by atoms with E-state index < -0.39 is 0 Å². The van der Waals surface area contributed by atoms with E-state index in [0.29, 0.717) is 11.7 Å². The quantitative estimate of drug-likeness (QED) is 0.701. The van der Waals surface area contributed by atoms with E-state index in [1.165, 1.54) is 49.7 Å². The third kappa shape index (κ3) is 2.15. The Hall–Kier alpha value is -1.11. The lowest BCUT2D eigenvalue weighted by Crippen LogP contribution is -2.18. The fourth-order valence-corrected chi connectivity index (χ4v) is 3.33. The molecule has 1 heteroatoms. The van der Waals surface area contributed by atoms with Crippen molar-refractivity contribution in [2.45, 2.75) is 51.4 Å². The molecule has 3 rings (SSSR count). The second kappa shape index (κ2) is 4.64. The van der Waals surface area contributed by atoms with Crippen LogP contribution in [0.4, 0.5) is 0 Å². The van der Waals surface area contributed by atoms with Gasteiger partial charge in [0.1, 0.15) is 0 Å². The second-order valence-electron chi connectivity index (χ2n) is 5.54. The minimum absolute atomic E-state index is 0.309. The van der Waals surface area contributed by atoms with Gasteiger partial charge in [0.25, 0.3) is 0 Å². The zero-order valence-corrected chi connectivity index (χ0v) is 10.4. The van der Waals surface area contributed by atoms with Crippen LogP contribution in [0.15, 0.2) is 18.2 Å². The van der Waals surface area contributed by atoms with Crippen molar-refractivity contribution in [2.24, 2.45) is 5.92 Å². The van der Waals surface area contributed by atoms with Crippen LogP contribution in [0.5, 0.6) is 0 Å². The molecule has 90 valence electrons. The zero-order chi connectivity index (χ0) is 11.7. The molecule has 0 unspecified atom stereocenters. The Kier molecular flexibility index (Phi) is 3.00. The Morgan fingerprint density at radius 3 is 2.53 bits per heavy atom. The Bertz CT molecular complexity index is 427. The fraction of sp³-hybridized carbons (Fsp3) is 0.562. The van der Waals surface area contributed by atoms with Gasteiger partial charge in [0.2, 0.25) is 0 Å². The topological polar surface area (TPSA) is 17.1 Å². The van der Waals surface area contributed by atoms with E-state index in [-0.39, 0.29) is 0 Å². The van der Waals surface area contributed by atoms with Crippen molar-refractivity contribution in [3.8, 4) is 0 Å². The maximum atomic E-state index is 12.4. The van der Waals surface area contributed by atoms with Crippen LogP contribution >= 0.6 is 0 Å². The Morgan fingerprint density at radius 1 is 0.941 bits per heavy atom. The van der Waals surface area contributed by atoms with Crippen LogP contribution in [0, 0.1) is 5.92 Å². The largest absolute Gasteiger partial charge is 0.294 e. The third-order valence-corrected chi connectivity index (χ3v) is 4.36. The van der Waals surface area contributed by atoms with E-state index in [4.69, 9.17) is 0 Å². The molecule has 0 spiro atoms. The van der Waals surface area contributed by atoms with Gasteiger partial charge in [-0.3, -0.25) is 4.79 Å². The number of hydrogen-bond donors (Lipinski definition) is 0. The summed E-state index contributed by atoms with van der Waals surface area (Å²) < 4.78 is 0. The molecule has 0 aromatic heterocycles. The number of carbonyl (C=O) groups excluding carboxylic acids is 1. The first-order chi connectivity index (χ1) is 8.34. The number of rotatable bonds is 2. The normalized spacial score (nSPS) is 20.2. The highest BCUT2D eigenvalue weighted by Crippen LogP contribution is 2.29. The molecule has 0 radical (unpaired) electrons. The van der Waals surface area contributed by atoms with Gasteiger partial charge in [0, 0.05) is 11.5 Å². The van der Waals surface area contributed by atoms with Crippen LogP contribution in [0.3, 0.4) is 0 Å². The lowest BCUT2D eigenvalue weighted by Gasteiger charge is -2.20. The Balaban J connectivity index is 1.81. The molecule has 2 aliphatic rings. The molecule has 0 bridgehead atoms. The van der Waals surface area contributed by atoms with Crippen molar-refractivity contribution < 1.29 is 4.79 Å². The van der Waals surface area contributed by atoms with Gasteiger partial charge in [-0.15, -0.1) is 0 Å². The predicted molar refractivity (Wildman–Crippen MR) is 69.4 cm³/mol. The van der Waals surface area contributed by atoms with E-state index in [0.717, 1.165) is 18.4 Å². The summed E-state index contributed by atoms with van der Waals surface area (Å²) in [5, 5.41) is 0. The van der Waals surface area contributed by atoms with Crippen molar-refractivity contribution in [3.05, 3.63) is 34.9 Å². The molecular formula is C16H20O. The third-order valence-electron chi connectivity index (χ3n) is 4.36. The van der Waals surface area contributed by atoms with Gasteiger partial charge in [-0.1, -0.05) is 31.4 Å². The molecule has 1 aromatic rings. The molecule has 0 amide bonds. The van der Waals surface area contributed by atoms with Crippen LogP contribution in [-0.4, -0.2) is 5.78 Å². The number of ketones is 1. The zero-order valence-electron chi connectivity index (χ0n) is 10.4. The highest BCUT2D eigenvalue weighted by molar-refractivity contribution is 5.98.